The summed E-state index contributed by atoms with van der Waals surface area (Å²) in [6, 6.07) is 11.5. The number of benzene rings is 1. The number of amides is 2. The van der Waals surface area contributed by atoms with E-state index in [0.29, 0.717) is 0 Å². The van der Waals surface area contributed by atoms with Gasteiger partial charge in [-0.05, 0) is 40.2 Å². The average Bonchev–Trinajstić information content (AvgIpc) is 3.03. The van der Waals surface area contributed by atoms with Gasteiger partial charge >= 0.3 is 6.03 Å². The van der Waals surface area contributed by atoms with Crippen LogP contribution in [0.5, 0.6) is 0 Å². The van der Waals surface area contributed by atoms with Crippen LogP contribution in [0.2, 0.25) is 0 Å². The van der Waals surface area contributed by atoms with Crippen LogP contribution >= 0.6 is 15.9 Å². The zero-order valence-corrected chi connectivity index (χ0v) is 13.8. The number of carbonyl (C=O) groups excluding carboxylic acids is 1. The molecule has 0 aliphatic carbocycles. The standard InChI is InChI=1S/C16H18BrN3O2/c17-14-5-1-2-6-15(14)18-16(21)20-9-7-19(8-10-20)12-13-4-3-11-22-13/h1-6,11H,7-10,12H2,(H,18,21). The van der Waals surface area contributed by atoms with E-state index in [1.807, 2.05) is 41.3 Å². The monoisotopic (exact) mass is 363 g/mol. The van der Waals surface area contributed by atoms with Crippen molar-refractivity contribution in [2.24, 2.45) is 0 Å². The lowest BCUT2D eigenvalue weighted by Gasteiger charge is -2.34. The Labute approximate surface area is 138 Å². The van der Waals surface area contributed by atoms with Gasteiger partial charge in [-0.2, -0.15) is 0 Å². The molecule has 2 amide bonds. The Morgan fingerprint density at radius 3 is 2.59 bits per heavy atom. The number of urea groups is 1. The molecule has 0 spiro atoms. The molecule has 1 saturated heterocycles. The number of hydrogen-bond donors (Lipinski definition) is 1. The van der Waals surface area contributed by atoms with Crippen LogP contribution in [0.3, 0.4) is 0 Å². The van der Waals surface area contributed by atoms with Gasteiger partial charge in [-0.3, -0.25) is 4.90 Å². The molecule has 22 heavy (non-hydrogen) atoms. The third-order valence-corrected chi connectivity index (χ3v) is 4.43. The van der Waals surface area contributed by atoms with Crippen LogP contribution in [0.1, 0.15) is 5.76 Å². The first-order valence-electron chi connectivity index (χ1n) is 7.27. The summed E-state index contributed by atoms with van der Waals surface area (Å²) in [6.07, 6.45) is 1.69. The molecule has 0 saturated carbocycles. The fourth-order valence-corrected chi connectivity index (χ4v) is 2.87. The lowest BCUT2D eigenvalue weighted by Crippen LogP contribution is -2.49. The summed E-state index contributed by atoms with van der Waals surface area (Å²) in [4.78, 5) is 16.4. The van der Waals surface area contributed by atoms with Crippen molar-refractivity contribution in [3.05, 3.63) is 52.9 Å². The van der Waals surface area contributed by atoms with Gasteiger partial charge in [0.2, 0.25) is 0 Å². The fraction of sp³-hybridized carbons (Fsp3) is 0.312. The summed E-state index contributed by atoms with van der Waals surface area (Å²) in [5.74, 6) is 0.964. The molecule has 0 radical (unpaired) electrons. The van der Waals surface area contributed by atoms with E-state index in [4.69, 9.17) is 4.42 Å². The highest BCUT2D eigenvalue weighted by Crippen LogP contribution is 2.21. The van der Waals surface area contributed by atoms with Gasteiger partial charge < -0.3 is 14.6 Å². The van der Waals surface area contributed by atoms with E-state index in [9.17, 15) is 4.79 Å². The van der Waals surface area contributed by atoms with Crippen LogP contribution in [-0.2, 0) is 6.54 Å². The number of anilines is 1. The van der Waals surface area contributed by atoms with Gasteiger partial charge in [-0.1, -0.05) is 12.1 Å². The zero-order valence-electron chi connectivity index (χ0n) is 12.2. The summed E-state index contributed by atoms with van der Waals surface area (Å²) in [6.45, 7) is 3.94. The van der Waals surface area contributed by atoms with Crippen LogP contribution in [0.15, 0.2) is 51.6 Å². The number of piperazine rings is 1. The SMILES string of the molecule is O=C(Nc1ccccc1Br)N1CCN(Cc2ccco2)CC1. The van der Waals surface area contributed by atoms with E-state index >= 15 is 0 Å². The van der Waals surface area contributed by atoms with Crippen LogP contribution in [0, 0.1) is 0 Å². The Morgan fingerprint density at radius 1 is 1.14 bits per heavy atom. The molecule has 1 fully saturated rings. The van der Waals surface area contributed by atoms with Gasteiger partial charge in [-0.15, -0.1) is 0 Å². The Balaban J connectivity index is 1.50. The normalized spacial score (nSPS) is 15.8. The van der Waals surface area contributed by atoms with Crippen molar-refractivity contribution in [2.75, 3.05) is 31.5 Å². The maximum atomic E-state index is 12.3. The van der Waals surface area contributed by atoms with Gasteiger partial charge in [0.05, 0.1) is 18.5 Å². The molecule has 1 N–H and O–H groups in total. The first-order chi connectivity index (χ1) is 10.7. The van der Waals surface area contributed by atoms with Crippen LogP contribution in [0.4, 0.5) is 10.5 Å². The predicted molar refractivity (Wildman–Crippen MR) is 88.7 cm³/mol. The minimum absolute atomic E-state index is 0.0513. The Hall–Kier alpha value is -1.79. The largest absolute Gasteiger partial charge is 0.468 e. The van der Waals surface area contributed by atoms with Crippen molar-refractivity contribution in [2.45, 2.75) is 6.54 Å². The molecule has 3 rings (SSSR count). The van der Waals surface area contributed by atoms with Crippen molar-refractivity contribution < 1.29 is 9.21 Å². The number of nitrogens with zero attached hydrogens (tertiary/aromatic N) is 2. The van der Waals surface area contributed by atoms with E-state index in [2.05, 4.69) is 26.1 Å². The second-order valence-electron chi connectivity index (χ2n) is 5.25. The summed E-state index contributed by atoms with van der Waals surface area (Å²) >= 11 is 3.44. The number of nitrogens with one attached hydrogen (secondary N) is 1. The summed E-state index contributed by atoms with van der Waals surface area (Å²) in [5, 5.41) is 2.94. The number of rotatable bonds is 3. The smallest absolute Gasteiger partial charge is 0.321 e. The molecule has 0 atom stereocenters. The minimum Gasteiger partial charge on any atom is -0.468 e. The third-order valence-electron chi connectivity index (χ3n) is 3.73. The minimum atomic E-state index is -0.0513. The van der Waals surface area contributed by atoms with Crippen LogP contribution < -0.4 is 5.32 Å². The molecule has 2 heterocycles. The Bertz CT molecular complexity index is 622. The average molecular weight is 364 g/mol. The molecule has 2 aromatic rings. The molecule has 116 valence electrons. The highest BCUT2D eigenvalue weighted by molar-refractivity contribution is 9.10. The first-order valence-corrected chi connectivity index (χ1v) is 8.07. The maximum absolute atomic E-state index is 12.3. The highest BCUT2D eigenvalue weighted by Gasteiger charge is 2.21. The Kier molecular flexibility index (Phi) is 4.80. The van der Waals surface area contributed by atoms with Gasteiger partial charge in [0.1, 0.15) is 5.76 Å². The van der Waals surface area contributed by atoms with Gasteiger partial charge in [-0.25, -0.2) is 4.79 Å². The fourth-order valence-electron chi connectivity index (χ4n) is 2.49. The summed E-state index contributed by atoms with van der Waals surface area (Å²) < 4.78 is 6.25. The molecule has 0 unspecified atom stereocenters. The number of hydrogen-bond acceptors (Lipinski definition) is 3. The van der Waals surface area contributed by atoms with Gasteiger partial charge in [0.25, 0.3) is 0 Å². The maximum Gasteiger partial charge on any atom is 0.321 e. The number of para-hydroxylation sites is 1. The Morgan fingerprint density at radius 2 is 1.91 bits per heavy atom. The molecule has 5 nitrogen and oxygen atoms in total. The second kappa shape index (κ2) is 6.98. The number of furan rings is 1. The van der Waals surface area contributed by atoms with E-state index in [1.165, 1.54) is 0 Å². The first kappa shape index (κ1) is 15.1. The third kappa shape index (κ3) is 3.69. The second-order valence-corrected chi connectivity index (χ2v) is 6.11. The predicted octanol–water partition coefficient (Wildman–Crippen LogP) is 3.39. The van der Waals surface area contributed by atoms with E-state index in [1.54, 1.807) is 6.26 Å². The highest BCUT2D eigenvalue weighted by atomic mass is 79.9. The molecule has 1 aliphatic heterocycles. The topological polar surface area (TPSA) is 48.7 Å². The number of halogens is 1. The summed E-state index contributed by atoms with van der Waals surface area (Å²) in [7, 11) is 0. The quantitative estimate of drug-likeness (QED) is 0.908. The van der Waals surface area contributed by atoms with Crippen molar-refractivity contribution in [1.82, 2.24) is 9.80 Å². The molecule has 1 aromatic heterocycles. The van der Waals surface area contributed by atoms with Crippen molar-refractivity contribution in [1.29, 1.82) is 0 Å². The lowest BCUT2D eigenvalue weighted by atomic mass is 10.3. The van der Waals surface area contributed by atoms with Crippen LogP contribution in [0.25, 0.3) is 0 Å². The van der Waals surface area contributed by atoms with Gasteiger partial charge in [0.15, 0.2) is 0 Å². The van der Waals surface area contributed by atoms with Crippen molar-refractivity contribution >= 4 is 27.6 Å². The van der Waals surface area contributed by atoms with Crippen LogP contribution in [-0.4, -0.2) is 42.0 Å². The molecular formula is C16H18BrN3O2. The molecule has 1 aliphatic rings. The molecule has 1 aromatic carbocycles. The van der Waals surface area contributed by atoms with Crippen molar-refractivity contribution in [3.63, 3.8) is 0 Å². The number of carbonyl (C=O) groups is 1. The van der Waals surface area contributed by atoms with E-state index in [0.717, 1.165) is 48.6 Å². The summed E-state index contributed by atoms with van der Waals surface area (Å²) in [5.41, 5.74) is 0.797. The zero-order chi connectivity index (χ0) is 15.4. The van der Waals surface area contributed by atoms with E-state index < -0.39 is 0 Å². The molecule has 0 bridgehead atoms. The van der Waals surface area contributed by atoms with Gasteiger partial charge in [0, 0.05) is 30.7 Å². The van der Waals surface area contributed by atoms with Crippen molar-refractivity contribution in [3.8, 4) is 0 Å². The van der Waals surface area contributed by atoms with E-state index in [-0.39, 0.29) is 6.03 Å². The molecular weight excluding hydrogens is 346 g/mol. The molecule has 6 heteroatoms. The lowest BCUT2D eigenvalue weighted by molar-refractivity contribution is 0.137.